The van der Waals surface area contributed by atoms with E-state index in [1.807, 2.05) is 45.2 Å². The standard InChI is InChI=1S/C26H28N2O2S.C2H6/c1-18(13-19(2)17-27-3)14-23-16-21-8-6-10-24(25(21)31-23)20-7-5-9-22(15-20)26(29)28-11-12-30-4;1-2/h5-10,13,15-17H,1,11-12,14H2,2-4H3,(H,28,29);1-2H3/b19-13-,27-17?;. The number of amides is 1. The van der Waals surface area contributed by atoms with Crippen molar-refractivity contribution in [1.82, 2.24) is 5.32 Å². The van der Waals surface area contributed by atoms with Gasteiger partial charge in [0.25, 0.3) is 5.91 Å². The highest BCUT2D eigenvalue weighted by atomic mass is 32.1. The highest BCUT2D eigenvalue weighted by molar-refractivity contribution is 7.19. The molecule has 174 valence electrons. The van der Waals surface area contributed by atoms with Crippen LogP contribution in [-0.2, 0) is 11.2 Å². The zero-order valence-corrected chi connectivity index (χ0v) is 21.1. The molecule has 2 aromatic carbocycles. The van der Waals surface area contributed by atoms with E-state index >= 15 is 0 Å². The molecule has 0 aliphatic heterocycles. The van der Waals surface area contributed by atoms with Gasteiger partial charge in [0.05, 0.1) is 6.61 Å². The van der Waals surface area contributed by atoms with Gasteiger partial charge in [-0.2, -0.15) is 0 Å². The molecule has 0 spiro atoms. The molecule has 0 radical (unpaired) electrons. The lowest BCUT2D eigenvalue weighted by Crippen LogP contribution is -2.26. The van der Waals surface area contributed by atoms with Gasteiger partial charge in [0.1, 0.15) is 0 Å². The van der Waals surface area contributed by atoms with E-state index in [-0.39, 0.29) is 5.91 Å². The number of methoxy groups -OCH3 is 1. The van der Waals surface area contributed by atoms with E-state index in [1.165, 1.54) is 15.0 Å². The maximum absolute atomic E-state index is 12.4. The van der Waals surface area contributed by atoms with Crippen LogP contribution in [-0.4, -0.2) is 39.4 Å². The number of nitrogens with one attached hydrogen (secondary N) is 1. The Hall–Kier alpha value is -3.02. The second kappa shape index (κ2) is 13.5. The topological polar surface area (TPSA) is 50.7 Å². The molecule has 0 unspecified atom stereocenters. The summed E-state index contributed by atoms with van der Waals surface area (Å²) in [7, 11) is 3.39. The normalized spacial score (nSPS) is 11.4. The maximum atomic E-state index is 12.4. The van der Waals surface area contributed by atoms with Crippen molar-refractivity contribution < 1.29 is 9.53 Å². The first-order chi connectivity index (χ1) is 16.0. The second-order valence-electron chi connectivity index (χ2n) is 7.38. The molecule has 3 aromatic rings. The lowest BCUT2D eigenvalue weighted by molar-refractivity contribution is 0.0937. The fourth-order valence-electron chi connectivity index (χ4n) is 3.47. The summed E-state index contributed by atoms with van der Waals surface area (Å²) in [4.78, 5) is 17.7. The molecule has 5 heteroatoms. The summed E-state index contributed by atoms with van der Waals surface area (Å²) in [6.07, 6.45) is 4.71. The Morgan fingerprint density at radius 3 is 2.67 bits per heavy atom. The summed E-state index contributed by atoms with van der Waals surface area (Å²) in [5.74, 6) is -0.0907. The van der Waals surface area contributed by atoms with Gasteiger partial charge >= 0.3 is 0 Å². The van der Waals surface area contributed by atoms with Crippen LogP contribution in [0.15, 0.2) is 77.3 Å². The Balaban J connectivity index is 0.00000187. The molecule has 0 aliphatic rings. The largest absolute Gasteiger partial charge is 0.383 e. The Morgan fingerprint density at radius 1 is 1.18 bits per heavy atom. The summed E-state index contributed by atoms with van der Waals surface area (Å²) in [6, 6.07) is 16.3. The first-order valence-electron chi connectivity index (χ1n) is 11.2. The van der Waals surface area contributed by atoms with Gasteiger partial charge in [-0.1, -0.05) is 56.8 Å². The molecule has 0 bridgehead atoms. The molecule has 33 heavy (non-hydrogen) atoms. The average Bonchev–Trinajstić information content (AvgIpc) is 3.23. The van der Waals surface area contributed by atoms with Gasteiger partial charge in [0, 0.05) is 48.5 Å². The zero-order chi connectivity index (χ0) is 24.2. The minimum absolute atomic E-state index is 0.0907. The van der Waals surface area contributed by atoms with Crippen LogP contribution in [0.5, 0.6) is 0 Å². The van der Waals surface area contributed by atoms with E-state index in [9.17, 15) is 4.79 Å². The second-order valence-corrected chi connectivity index (χ2v) is 8.51. The predicted molar refractivity (Wildman–Crippen MR) is 144 cm³/mol. The van der Waals surface area contributed by atoms with E-state index in [0.717, 1.165) is 28.7 Å². The molecule has 1 aromatic heterocycles. The van der Waals surface area contributed by atoms with Crippen LogP contribution in [0.1, 0.15) is 36.0 Å². The summed E-state index contributed by atoms with van der Waals surface area (Å²) < 4.78 is 6.22. The molecule has 3 rings (SSSR count). The number of allylic oxidation sites excluding steroid dienone is 3. The molecule has 0 saturated heterocycles. The number of nitrogens with zero attached hydrogens (tertiary/aromatic N) is 1. The summed E-state index contributed by atoms with van der Waals surface area (Å²) >= 11 is 1.78. The average molecular weight is 463 g/mol. The third kappa shape index (κ3) is 7.52. The van der Waals surface area contributed by atoms with Crippen molar-refractivity contribution in [1.29, 1.82) is 0 Å². The minimum atomic E-state index is -0.0907. The smallest absolute Gasteiger partial charge is 0.251 e. The van der Waals surface area contributed by atoms with Crippen molar-refractivity contribution >= 4 is 33.5 Å². The van der Waals surface area contributed by atoms with Gasteiger partial charge in [-0.15, -0.1) is 11.3 Å². The van der Waals surface area contributed by atoms with Crippen LogP contribution in [0.2, 0.25) is 0 Å². The molecular weight excluding hydrogens is 428 g/mol. The van der Waals surface area contributed by atoms with E-state index in [4.69, 9.17) is 4.74 Å². The lowest BCUT2D eigenvalue weighted by Gasteiger charge is -2.08. The number of hydrogen-bond acceptors (Lipinski definition) is 4. The number of carbonyl (C=O) groups is 1. The molecule has 1 N–H and O–H groups in total. The first-order valence-corrected chi connectivity index (χ1v) is 12.0. The van der Waals surface area contributed by atoms with E-state index in [1.54, 1.807) is 25.5 Å². The van der Waals surface area contributed by atoms with Crippen molar-refractivity contribution in [2.24, 2.45) is 4.99 Å². The Morgan fingerprint density at radius 2 is 1.94 bits per heavy atom. The summed E-state index contributed by atoms with van der Waals surface area (Å²) in [5.41, 5.74) is 4.96. The fourth-order valence-corrected chi connectivity index (χ4v) is 4.71. The van der Waals surface area contributed by atoms with Gasteiger partial charge in [-0.3, -0.25) is 9.79 Å². The lowest BCUT2D eigenvalue weighted by atomic mass is 10.0. The predicted octanol–water partition coefficient (Wildman–Crippen LogP) is 6.72. The fraction of sp³-hybridized carbons (Fsp3) is 0.286. The quantitative estimate of drug-likeness (QED) is 0.218. The van der Waals surface area contributed by atoms with E-state index in [2.05, 4.69) is 53.3 Å². The van der Waals surface area contributed by atoms with Crippen molar-refractivity contribution in [3.05, 3.63) is 82.8 Å². The van der Waals surface area contributed by atoms with Gasteiger partial charge in [0.15, 0.2) is 0 Å². The molecule has 1 amide bonds. The molecule has 0 atom stereocenters. The van der Waals surface area contributed by atoms with Crippen LogP contribution >= 0.6 is 11.3 Å². The number of aliphatic imine (C=N–C) groups is 1. The number of ether oxygens (including phenoxy) is 1. The number of carbonyl (C=O) groups excluding carboxylic acids is 1. The highest BCUT2D eigenvalue weighted by Crippen LogP contribution is 2.36. The van der Waals surface area contributed by atoms with Gasteiger partial charge < -0.3 is 10.1 Å². The highest BCUT2D eigenvalue weighted by Gasteiger charge is 2.11. The Bertz CT molecular complexity index is 1140. The number of thiophene rings is 1. The molecule has 0 aliphatic carbocycles. The van der Waals surface area contributed by atoms with Crippen LogP contribution in [0.4, 0.5) is 0 Å². The summed E-state index contributed by atoms with van der Waals surface area (Å²) in [5, 5.41) is 4.08. The Labute approximate surface area is 201 Å². The first kappa shape index (κ1) is 26.2. The zero-order valence-electron chi connectivity index (χ0n) is 20.3. The number of hydrogen-bond donors (Lipinski definition) is 1. The summed E-state index contributed by atoms with van der Waals surface area (Å²) in [6.45, 7) is 11.2. The van der Waals surface area contributed by atoms with Crippen LogP contribution in [0.3, 0.4) is 0 Å². The van der Waals surface area contributed by atoms with Crippen LogP contribution in [0.25, 0.3) is 21.2 Å². The van der Waals surface area contributed by atoms with Crippen molar-refractivity contribution in [2.45, 2.75) is 27.2 Å². The molecule has 0 fully saturated rings. The molecule has 0 saturated carbocycles. The van der Waals surface area contributed by atoms with Crippen LogP contribution in [0, 0.1) is 0 Å². The molecule has 4 nitrogen and oxygen atoms in total. The Kier molecular flexibility index (Phi) is 10.7. The van der Waals surface area contributed by atoms with E-state index in [0.29, 0.717) is 18.7 Å². The van der Waals surface area contributed by atoms with Crippen LogP contribution < -0.4 is 5.32 Å². The number of rotatable bonds is 9. The van der Waals surface area contributed by atoms with Gasteiger partial charge in [0.2, 0.25) is 0 Å². The van der Waals surface area contributed by atoms with Gasteiger partial charge in [-0.25, -0.2) is 0 Å². The van der Waals surface area contributed by atoms with Crippen molar-refractivity contribution in [3.63, 3.8) is 0 Å². The number of benzene rings is 2. The molecule has 1 heterocycles. The monoisotopic (exact) mass is 462 g/mol. The minimum Gasteiger partial charge on any atom is -0.383 e. The third-order valence-electron chi connectivity index (χ3n) is 4.79. The maximum Gasteiger partial charge on any atom is 0.251 e. The SMILES string of the molecule is C=C(/C=C(/C)C=NC)Cc1cc2cccc(-c3cccc(C(=O)NCCOC)c3)c2s1.CC. The van der Waals surface area contributed by atoms with Crippen molar-refractivity contribution in [3.8, 4) is 11.1 Å². The molecular formula is C28H34N2O2S. The van der Waals surface area contributed by atoms with Gasteiger partial charge in [-0.05, 0) is 52.8 Å². The number of fused-ring (bicyclic) bond motifs is 1. The third-order valence-corrected chi connectivity index (χ3v) is 5.97. The van der Waals surface area contributed by atoms with Crippen molar-refractivity contribution in [2.75, 3.05) is 27.3 Å². The van der Waals surface area contributed by atoms with E-state index < -0.39 is 0 Å².